The van der Waals surface area contributed by atoms with Gasteiger partial charge in [0.05, 0.1) is 9.83 Å². The molecular formula is C16H12N4O4S2. The molecule has 0 radical (unpaired) electrons. The minimum atomic E-state index is -0.662. The first-order valence-corrected chi connectivity index (χ1v) is 8.54. The predicted octanol–water partition coefficient (Wildman–Crippen LogP) is 2.48. The molecule has 1 fully saturated rings. The molecule has 2 aromatic rings. The van der Waals surface area contributed by atoms with Gasteiger partial charge >= 0.3 is 0 Å². The van der Waals surface area contributed by atoms with Crippen molar-refractivity contribution in [2.75, 3.05) is 0 Å². The van der Waals surface area contributed by atoms with Crippen LogP contribution in [0.3, 0.4) is 0 Å². The van der Waals surface area contributed by atoms with E-state index in [1.165, 1.54) is 18.2 Å². The molecule has 0 bridgehead atoms. The van der Waals surface area contributed by atoms with Crippen LogP contribution < -0.4 is 5.43 Å². The lowest BCUT2D eigenvalue weighted by molar-refractivity contribution is -0.384. The molecule has 1 aliphatic heterocycles. The number of nitro benzene ring substituents is 1. The summed E-state index contributed by atoms with van der Waals surface area (Å²) in [6, 6.07) is 8.91. The van der Waals surface area contributed by atoms with Gasteiger partial charge in [-0.2, -0.15) is 5.01 Å². The second-order valence-corrected chi connectivity index (χ2v) is 6.99. The number of hydrogen-bond donors (Lipinski definition) is 1. The quantitative estimate of drug-likeness (QED) is 0.374. The van der Waals surface area contributed by atoms with E-state index in [1.54, 1.807) is 6.08 Å². The summed E-state index contributed by atoms with van der Waals surface area (Å²) in [4.78, 5) is 35.4. The van der Waals surface area contributed by atoms with Gasteiger partial charge in [-0.3, -0.25) is 25.1 Å². The number of thioether (sulfide) groups is 1. The fourth-order valence-corrected chi connectivity index (χ4v) is 3.41. The molecule has 10 heteroatoms. The maximum atomic E-state index is 12.5. The highest BCUT2D eigenvalue weighted by Crippen LogP contribution is 2.31. The summed E-state index contributed by atoms with van der Waals surface area (Å²) in [5.41, 5.74) is 3.05. The molecule has 1 N–H and O–H groups in total. The number of carbonyl (C=O) groups is 2. The maximum Gasteiger partial charge on any atom is 0.285 e. The minimum Gasteiger partial charge on any atom is -0.351 e. The summed E-state index contributed by atoms with van der Waals surface area (Å²) < 4.78 is 2.02. The van der Waals surface area contributed by atoms with Gasteiger partial charge in [-0.1, -0.05) is 17.8 Å². The van der Waals surface area contributed by atoms with Crippen LogP contribution in [0, 0.1) is 10.1 Å². The van der Waals surface area contributed by atoms with Gasteiger partial charge in [0.2, 0.25) is 0 Å². The molecule has 26 heavy (non-hydrogen) atoms. The van der Waals surface area contributed by atoms with Gasteiger partial charge in [-0.25, -0.2) is 0 Å². The van der Waals surface area contributed by atoms with E-state index in [0.29, 0.717) is 4.91 Å². The van der Waals surface area contributed by atoms with Gasteiger partial charge in [-0.05, 0) is 36.5 Å². The third kappa shape index (κ3) is 3.51. The Kier molecular flexibility index (Phi) is 4.87. The molecule has 3 rings (SSSR count). The number of thiocarbonyl (C=S) groups is 1. The topological polar surface area (TPSA) is 97.5 Å². The Bertz CT molecular complexity index is 967. The van der Waals surface area contributed by atoms with Crippen LogP contribution in [0.2, 0.25) is 0 Å². The molecule has 0 saturated carbocycles. The Morgan fingerprint density at radius 3 is 2.77 bits per heavy atom. The van der Waals surface area contributed by atoms with E-state index >= 15 is 0 Å². The first kappa shape index (κ1) is 17.8. The number of carbonyl (C=O) groups excluding carboxylic acids is 2. The van der Waals surface area contributed by atoms with E-state index in [0.717, 1.165) is 28.5 Å². The molecule has 2 heterocycles. The Labute approximate surface area is 157 Å². The van der Waals surface area contributed by atoms with Gasteiger partial charge < -0.3 is 4.57 Å². The maximum absolute atomic E-state index is 12.5. The van der Waals surface area contributed by atoms with Crippen molar-refractivity contribution in [1.82, 2.24) is 15.0 Å². The monoisotopic (exact) mass is 388 g/mol. The number of nitrogens with zero attached hydrogens (tertiary/aromatic N) is 3. The molecule has 1 aliphatic rings. The number of benzene rings is 1. The van der Waals surface area contributed by atoms with Crippen molar-refractivity contribution < 1.29 is 14.5 Å². The van der Waals surface area contributed by atoms with Gasteiger partial charge in [0.1, 0.15) is 0 Å². The number of rotatable bonds is 4. The number of nitro groups is 1. The smallest absolute Gasteiger partial charge is 0.285 e. The SMILES string of the molecule is Cn1cccc1/C=C1\SC(=S)N(NC(=O)c2cccc([N+](=O)[O-])c2)C1=O. The van der Waals surface area contributed by atoms with E-state index < -0.39 is 16.7 Å². The Morgan fingerprint density at radius 1 is 1.35 bits per heavy atom. The number of aromatic nitrogens is 1. The zero-order valence-corrected chi connectivity index (χ0v) is 15.0. The van der Waals surface area contributed by atoms with Crippen molar-refractivity contribution in [3.8, 4) is 0 Å². The highest BCUT2D eigenvalue weighted by atomic mass is 32.2. The van der Waals surface area contributed by atoms with Crippen LogP contribution >= 0.6 is 24.0 Å². The summed E-state index contributed by atoms with van der Waals surface area (Å²) >= 11 is 6.22. The van der Waals surface area contributed by atoms with Crippen molar-refractivity contribution in [2.45, 2.75) is 0 Å². The number of amides is 2. The Balaban J connectivity index is 1.79. The largest absolute Gasteiger partial charge is 0.351 e. The summed E-state index contributed by atoms with van der Waals surface area (Å²) in [7, 11) is 1.84. The van der Waals surface area contributed by atoms with Crippen molar-refractivity contribution in [1.29, 1.82) is 0 Å². The molecule has 2 amide bonds. The van der Waals surface area contributed by atoms with Crippen molar-refractivity contribution >= 4 is 51.9 Å². The van der Waals surface area contributed by atoms with Crippen LogP contribution in [0.25, 0.3) is 6.08 Å². The second-order valence-electron chi connectivity index (χ2n) is 5.31. The Hall–Kier alpha value is -2.98. The fraction of sp³-hybridized carbons (Fsp3) is 0.0625. The highest BCUT2D eigenvalue weighted by molar-refractivity contribution is 8.26. The van der Waals surface area contributed by atoms with Crippen LogP contribution in [0.15, 0.2) is 47.5 Å². The molecular weight excluding hydrogens is 376 g/mol. The molecule has 1 aromatic heterocycles. The zero-order valence-electron chi connectivity index (χ0n) is 13.4. The molecule has 1 saturated heterocycles. The van der Waals surface area contributed by atoms with Gasteiger partial charge in [0.15, 0.2) is 4.32 Å². The number of nitrogens with one attached hydrogen (secondary N) is 1. The Morgan fingerprint density at radius 2 is 2.12 bits per heavy atom. The summed E-state index contributed by atoms with van der Waals surface area (Å²) in [6.07, 6.45) is 3.52. The van der Waals surface area contributed by atoms with E-state index in [9.17, 15) is 19.7 Å². The van der Waals surface area contributed by atoms with E-state index in [4.69, 9.17) is 12.2 Å². The normalized spacial score (nSPS) is 15.6. The highest BCUT2D eigenvalue weighted by Gasteiger charge is 2.34. The lowest BCUT2D eigenvalue weighted by Crippen LogP contribution is -2.44. The molecule has 0 spiro atoms. The van der Waals surface area contributed by atoms with Crippen molar-refractivity contribution in [3.05, 3.63) is 68.9 Å². The van der Waals surface area contributed by atoms with E-state index in [2.05, 4.69) is 5.43 Å². The average Bonchev–Trinajstić information content (AvgIpc) is 3.13. The first-order chi connectivity index (χ1) is 12.4. The average molecular weight is 388 g/mol. The molecule has 132 valence electrons. The summed E-state index contributed by atoms with van der Waals surface area (Å²) in [5.74, 6) is -1.12. The molecule has 8 nitrogen and oxygen atoms in total. The molecule has 0 aliphatic carbocycles. The van der Waals surface area contributed by atoms with Gasteiger partial charge in [-0.15, -0.1) is 0 Å². The summed E-state index contributed by atoms with van der Waals surface area (Å²) in [6.45, 7) is 0. The molecule has 0 unspecified atom stereocenters. The number of aryl methyl sites for hydroxylation is 1. The number of non-ortho nitro benzene ring substituents is 1. The van der Waals surface area contributed by atoms with E-state index in [1.807, 2.05) is 29.9 Å². The molecule has 0 atom stereocenters. The second kappa shape index (κ2) is 7.10. The minimum absolute atomic E-state index is 0.0552. The van der Waals surface area contributed by atoms with Crippen LogP contribution in [0.4, 0.5) is 5.69 Å². The standard InChI is InChI=1S/C16H12N4O4S2/c1-18-7-3-6-11(18)9-13-15(22)19(16(25)26-13)17-14(21)10-4-2-5-12(8-10)20(23)24/h2-9H,1H3,(H,17,21)/b13-9-. The molecule has 1 aromatic carbocycles. The van der Waals surface area contributed by atoms with Crippen LogP contribution in [-0.2, 0) is 11.8 Å². The van der Waals surface area contributed by atoms with Crippen LogP contribution in [0.5, 0.6) is 0 Å². The lowest BCUT2D eigenvalue weighted by Gasteiger charge is -2.15. The third-order valence-corrected chi connectivity index (χ3v) is 4.89. The van der Waals surface area contributed by atoms with Crippen LogP contribution in [-0.4, -0.2) is 30.6 Å². The fourth-order valence-electron chi connectivity index (χ4n) is 2.25. The van der Waals surface area contributed by atoms with Gasteiger partial charge in [0.25, 0.3) is 17.5 Å². The van der Waals surface area contributed by atoms with Crippen molar-refractivity contribution in [2.24, 2.45) is 7.05 Å². The van der Waals surface area contributed by atoms with Gasteiger partial charge in [0, 0.05) is 36.6 Å². The zero-order chi connectivity index (χ0) is 18.8. The first-order valence-electron chi connectivity index (χ1n) is 7.31. The van der Waals surface area contributed by atoms with Crippen LogP contribution in [0.1, 0.15) is 16.1 Å². The third-order valence-electron chi connectivity index (χ3n) is 3.59. The lowest BCUT2D eigenvalue weighted by atomic mass is 10.2. The number of hydrazine groups is 1. The van der Waals surface area contributed by atoms with Crippen molar-refractivity contribution in [3.63, 3.8) is 0 Å². The van der Waals surface area contributed by atoms with E-state index in [-0.39, 0.29) is 15.6 Å². The number of hydrogen-bond acceptors (Lipinski definition) is 6. The predicted molar refractivity (Wildman–Crippen MR) is 101 cm³/mol. The summed E-state index contributed by atoms with van der Waals surface area (Å²) in [5, 5.41) is 11.8.